The first-order valence-electron chi connectivity index (χ1n) is 8.04. The molecule has 1 saturated heterocycles. The first kappa shape index (κ1) is 14.1. The maximum Gasteiger partial charge on any atom is 0.255 e. The fourth-order valence-electron chi connectivity index (χ4n) is 3.34. The highest BCUT2D eigenvalue weighted by atomic mass is 16.2. The van der Waals surface area contributed by atoms with Crippen molar-refractivity contribution in [1.29, 1.82) is 0 Å². The van der Waals surface area contributed by atoms with Crippen LogP contribution in [0.4, 0.5) is 5.82 Å². The number of carbonyl (C=O) groups excluding carboxylic acids is 1. The van der Waals surface area contributed by atoms with Crippen LogP contribution in [0.5, 0.6) is 0 Å². The highest BCUT2D eigenvalue weighted by Crippen LogP contribution is 2.24. The van der Waals surface area contributed by atoms with Gasteiger partial charge in [-0.15, -0.1) is 10.2 Å². The van der Waals surface area contributed by atoms with Crippen molar-refractivity contribution in [3.63, 3.8) is 0 Å². The first-order valence-corrected chi connectivity index (χ1v) is 8.04. The summed E-state index contributed by atoms with van der Waals surface area (Å²) in [4.78, 5) is 18.9. The number of hydrogen-bond acceptors (Lipinski definition) is 6. The Balaban J connectivity index is 1.37. The van der Waals surface area contributed by atoms with Gasteiger partial charge in [-0.1, -0.05) is 5.21 Å². The Morgan fingerprint density at radius 1 is 1.35 bits per heavy atom. The van der Waals surface area contributed by atoms with Crippen LogP contribution in [0, 0.1) is 5.92 Å². The zero-order chi connectivity index (χ0) is 15.6. The van der Waals surface area contributed by atoms with Crippen LogP contribution in [-0.4, -0.2) is 56.0 Å². The van der Waals surface area contributed by atoms with E-state index >= 15 is 0 Å². The fraction of sp³-hybridized carbons (Fsp3) is 0.533. The number of nitrogens with zero attached hydrogens (tertiary/aromatic N) is 5. The number of fused-ring (bicyclic) bond motifs is 1. The molecule has 8 nitrogen and oxygen atoms in total. The van der Waals surface area contributed by atoms with Crippen LogP contribution in [0.15, 0.2) is 12.3 Å². The number of anilines is 1. The summed E-state index contributed by atoms with van der Waals surface area (Å²) in [7, 11) is 0. The van der Waals surface area contributed by atoms with Crippen molar-refractivity contribution < 1.29 is 4.79 Å². The second-order valence-corrected chi connectivity index (χ2v) is 6.18. The van der Waals surface area contributed by atoms with E-state index in [1.807, 2.05) is 11.0 Å². The van der Waals surface area contributed by atoms with E-state index in [0.717, 1.165) is 62.5 Å². The van der Waals surface area contributed by atoms with Crippen molar-refractivity contribution >= 4 is 11.7 Å². The minimum absolute atomic E-state index is 0.0882. The molecule has 2 aliphatic rings. The number of pyridine rings is 1. The molecule has 0 bridgehead atoms. The van der Waals surface area contributed by atoms with Crippen LogP contribution < -0.4 is 5.32 Å². The maximum atomic E-state index is 12.6. The number of likely N-dealkylation sites (tertiary alicyclic amines) is 1. The van der Waals surface area contributed by atoms with Gasteiger partial charge in [-0.2, -0.15) is 5.21 Å². The minimum Gasteiger partial charge on any atom is -0.370 e. The van der Waals surface area contributed by atoms with Crippen molar-refractivity contribution in [2.24, 2.45) is 5.92 Å². The van der Waals surface area contributed by atoms with Crippen LogP contribution in [0.2, 0.25) is 0 Å². The lowest BCUT2D eigenvalue weighted by molar-refractivity contribution is 0.0689. The topological polar surface area (TPSA) is 99.7 Å². The molecule has 4 rings (SSSR count). The van der Waals surface area contributed by atoms with Crippen molar-refractivity contribution in [3.8, 4) is 0 Å². The molecule has 0 atom stereocenters. The SMILES string of the molecule is O=C(c1cnc2c(c1)CCN2)N1CCC(Cc2nn[nH]n2)CC1. The Morgan fingerprint density at radius 2 is 2.22 bits per heavy atom. The number of tetrazole rings is 1. The summed E-state index contributed by atoms with van der Waals surface area (Å²) < 4.78 is 0. The lowest BCUT2D eigenvalue weighted by Gasteiger charge is -2.31. The zero-order valence-corrected chi connectivity index (χ0v) is 12.8. The van der Waals surface area contributed by atoms with Gasteiger partial charge in [0.1, 0.15) is 5.82 Å². The molecule has 0 aromatic carbocycles. The summed E-state index contributed by atoms with van der Waals surface area (Å²) in [6.07, 6.45) is 5.39. The molecule has 23 heavy (non-hydrogen) atoms. The quantitative estimate of drug-likeness (QED) is 0.863. The minimum atomic E-state index is 0.0882. The molecule has 2 N–H and O–H groups in total. The second kappa shape index (κ2) is 5.94. The van der Waals surface area contributed by atoms with E-state index in [9.17, 15) is 4.79 Å². The third-order valence-corrected chi connectivity index (χ3v) is 4.66. The van der Waals surface area contributed by atoms with Crippen LogP contribution >= 0.6 is 0 Å². The predicted octanol–water partition coefficient (Wildman–Crippen LogP) is 0.658. The summed E-state index contributed by atoms with van der Waals surface area (Å²) in [6.45, 7) is 2.45. The summed E-state index contributed by atoms with van der Waals surface area (Å²) in [5.41, 5.74) is 1.84. The Kier molecular flexibility index (Phi) is 3.64. The van der Waals surface area contributed by atoms with E-state index in [-0.39, 0.29) is 5.91 Å². The summed E-state index contributed by atoms with van der Waals surface area (Å²) >= 11 is 0. The van der Waals surface area contributed by atoms with E-state index < -0.39 is 0 Å². The van der Waals surface area contributed by atoms with E-state index in [1.165, 1.54) is 0 Å². The predicted molar refractivity (Wildman–Crippen MR) is 82.9 cm³/mol. The van der Waals surface area contributed by atoms with E-state index in [0.29, 0.717) is 11.5 Å². The molecule has 8 heteroatoms. The number of amides is 1. The van der Waals surface area contributed by atoms with Crippen molar-refractivity contribution in [2.45, 2.75) is 25.7 Å². The molecule has 0 radical (unpaired) electrons. The molecule has 2 aliphatic heterocycles. The molecule has 1 amide bonds. The third kappa shape index (κ3) is 2.88. The second-order valence-electron chi connectivity index (χ2n) is 6.18. The van der Waals surface area contributed by atoms with Gasteiger partial charge < -0.3 is 10.2 Å². The summed E-state index contributed by atoms with van der Waals surface area (Å²) in [5, 5.41) is 17.3. The Morgan fingerprint density at radius 3 is 3.00 bits per heavy atom. The number of aromatic nitrogens is 5. The van der Waals surface area contributed by atoms with Gasteiger partial charge in [0.15, 0.2) is 5.82 Å². The van der Waals surface area contributed by atoms with Gasteiger partial charge >= 0.3 is 0 Å². The number of H-pyrrole nitrogens is 1. The van der Waals surface area contributed by atoms with Crippen molar-refractivity contribution in [1.82, 2.24) is 30.5 Å². The molecule has 2 aromatic heterocycles. The summed E-state index contributed by atoms with van der Waals surface area (Å²) in [6, 6.07) is 1.98. The largest absolute Gasteiger partial charge is 0.370 e. The molecule has 0 saturated carbocycles. The average Bonchev–Trinajstić information content (AvgIpc) is 3.25. The van der Waals surface area contributed by atoms with E-state index in [4.69, 9.17) is 0 Å². The fourth-order valence-corrected chi connectivity index (χ4v) is 3.34. The zero-order valence-electron chi connectivity index (χ0n) is 12.8. The Hall–Kier alpha value is -2.51. The van der Waals surface area contributed by atoms with E-state index in [2.05, 4.69) is 30.9 Å². The molecule has 4 heterocycles. The molecule has 120 valence electrons. The van der Waals surface area contributed by atoms with Crippen LogP contribution in [0.3, 0.4) is 0 Å². The molecule has 0 spiro atoms. The number of aromatic amines is 1. The lowest BCUT2D eigenvalue weighted by atomic mass is 9.93. The number of piperidine rings is 1. The van der Waals surface area contributed by atoms with Gasteiger partial charge in [0, 0.05) is 32.3 Å². The number of hydrogen-bond donors (Lipinski definition) is 2. The summed E-state index contributed by atoms with van der Waals surface area (Å²) in [5.74, 6) is 2.27. The molecular formula is C15H19N7O. The normalized spacial score (nSPS) is 17.8. The van der Waals surface area contributed by atoms with Gasteiger partial charge in [0.05, 0.1) is 5.56 Å². The number of carbonyl (C=O) groups is 1. The van der Waals surface area contributed by atoms with Gasteiger partial charge in [0.25, 0.3) is 5.91 Å². The van der Waals surface area contributed by atoms with Crippen LogP contribution in [0.1, 0.15) is 34.6 Å². The van der Waals surface area contributed by atoms with Crippen LogP contribution in [0.25, 0.3) is 0 Å². The van der Waals surface area contributed by atoms with Gasteiger partial charge in [0.2, 0.25) is 0 Å². The van der Waals surface area contributed by atoms with Gasteiger partial charge in [-0.25, -0.2) is 4.98 Å². The first-order chi connectivity index (χ1) is 11.3. The molecular weight excluding hydrogens is 294 g/mol. The maximum absolute atomic E-state index is 12.6. The molecule has 0 unspecified atom stereocenters. The van der Waals surface area contributed by atoms with Crippen molar-refractivity contribution in [3.05, 3.63) is 29.2 Å². The Bertz CT molecular complexity index is 692. The standard InChI is InChI=1S/C15H19N7O/c23-15(12-8-11-1-4-16-14(11)17-9-12)22-5-2-10(3-6-22)7-13-18-20-21-19-13/h8-10H,1-7H2,(H,16,17)(H,18,19,20,21). The van der Waals surface area contributed by atoms with Crippen LogP contribution in [-0.2, 0) is 12.8 Å². The average molecular weight is 313 g/mol. The highest BCUT2D eigenvalue weighted by Gasteiger charge is 2.25. The van der Waals surface area contributed by atoms with E-state index in [1.54, 1.807) is 6.20 Å². The monoisotopic (exact) mass is 313 g/mol. The smallest absolute Gasteiger partial charge is 0.255 e. The number of rotatable bonds is 3. The molecule has 2 aromatic rings. The highest BCUT2D eigenvalue weighted by molar-refractivity contribution is 5.94. The van der Waals surface area contributed by atoms with Gasteiger partial charge in [-0.05, 0) is 36.8 Å². The molecule has 1 fully saturated rings. The van der Waals surface area contributed by atoms with Crippen molar-refractivity contribution in [2.75, 3.05) is 25.0 Å². The lowest BCUT2D eigenvalue weighted by Crippen LogP contribution is -2.39. The van der Waals surface area contributed by atoms with Gasteiger partial charge in [-0.3, -0.25) is 4.79 Å². The molecule has 0 aliphatic carbocycles. The third-order valence-electron chi connectivity index (χ3n) is 4.66. The Labute approximate surface area is 133 Å². The number of nitrogens with one attached hydrogen (secondary N) is 2.